The van der Waals surface area contributed by atoms with Crippen LogP contribution in [0.5, 0.6) is 11.5 Å². The van der Waals surface area contributed by atoms with E-state index < -0.39 is 0 Å². The number of hydrogen-bond donors (Lipinski definition) is 2. The quantitative estimate of drug-likeness (QED) is 0.776. The van der Waals surface area contributed by atoms with E-state index in [0.29, 0.717) is 28.4 Å². The third-order valence-electron chi connectivity index (χ3n) is 3.42. The molecule has 0 unspecified atom stereocenters. The van der Waals surface area contributed by atoms with Crippen molar-refractivity contribution in [3.05, 3.63) is 59.8 Å². The first-order chi connectivity index (χ1) is 12.6. The number of anilines is 2. The van der Waals surface area contributed by atoms with E-state index in [2.05, 4.69) is 10.6 Å². The third kappa shape index (κ3) is 4.31. The van der Waals surface area contributed by atoms with E-state index in [1.165, 1.54) is 20.4 Å². The molecule has 2 aromatic carbocycles. The second-order valence-corrected chi connectivity index (χ2v) is 5.00. The van der Waals surface area contributed by atoms with Crippen LogP contribution in [-0.2, 0) is 0 Å². The SMILES string of the molecule is COc1cc(NC(=O)c2ccccc2)c(OC)cc1NC=C(C#N)C#N. The largest absolute Gasteiger partial charge is 0.494 e. The Morgan fingerprint density at radius 3 is 2.15 bits per heavy atom. The lowest BCUT2D eigenvalue weighted by atomic mass is 10.2. The fourth-order valence-corrected chi connectivity index (χ4v) is 2.13. The molecule has 0 spiro atoms. The van der Waals surface area contributed by atoms with Crippen molar-refractivity contribution in [1.82, 2.24) is 0 Å². The van der Waals surface area contributed by atoms with Gasteiger partial charge >= 0.3 is 0 Å². The van der Waals surface area contributed by atoms with Crippen LogP contribution in [0.2, 0.25) is 0 Å². The van der Waals surface area contributed by atoms with Gasteiger partial charge in [-0.05, 0) is 12.1 Å². The van der Waals surface area contributed by atoms with Crippen molar-refractivity contribution >= 4 is 17.3 Å². The molecular weight excluding hydrogens is 332 g/mol. The molecule has 0 fully saturated rings. The first-order valence-electron chi connectivity index (χ1n) is 7.52. The van der Waals surface area contributed by atoms with Gasteiger partial charge in [0.05, 0.1) is 25.6 Å². The zero-order chi connectivity index (χ0) is 18.9. The normalized spacial score (nSPS) is 9.23. The smallest absolute Gasteiger partial charge is 0.255 e. The standard InChI is InChI=1S/C19H16N4O3/c1-25-17-9-16(23-19(24)14-6-4-3-5-7-14)18(26-2)8-15(17)22-12-13(10-20)11-21/h3-9,12,22H,1-2H3,(H,23,24). The summed E-state index contributed by atoms with van der Waals surface area (Å²) in [7, 11) is 2.94. The van der Waals surface area contributed by atoms with E-state index in [9.17, 15) is 4.79 Å². The van der Waals surface area contributed by atoms with Crippen LogP contribution in [0.1, 0.15) is 10.4 Å². The lowest BCUT2D eigenvalue weighted by molar-refractivity contribution is 0.102. The second kappa shape index (κ2) is 8.76. The van der Waals surface area contributed by atoms with Gasteiger partial charge in [-0.15, -0.1) is 0 Å². The summed E-state index contributed by atoms with van der Waals surface area (Å²) in [6.45, 7) is 0. The van der Waals surface area contributed by atoms with Crippen LogP contribution in [0.4, 0.5) is 11.4 Å². The van der Waals surface area contributed by atoms with Gasteiger partial charge < -0.3 is 20.1 Å². The van der Waals surface area contributed by atoms with Crippen molar-refractivity contribution in [2.45, 2.75) is 0 Å². The molecule has 0 atom stereocenters. The Bertz CT molecular complexity index is 893. The maximum atomic E-state index is 12.4. The molecule has 0 aliphatic rings. The summed E-state index contributed by atoms with van der Waals surface area (Å²) in [6, 6.07) is 15.5. The molecular formula is C19H16N4O3. The summed E-state index contributed by atoms with van der Waals surface area (Å²) in [5.41, 5.74) is 1.32. The minimum absolute atomic E-state index is 0.0903. The first kappa shape index (κ1) is 18.4. The molecule has 0 aliphatic carbocycles. The Morgan fingerprint density at radius 1 is 1.00 bits per heavy atom. The van der Waals surface area contributed by atoms with Crippen molar-refractivity contribution < 1.29 is 14.3 Å². The van der Waals surface area contributed by atoms with Gasteiger partial charge in [0.1, 0.15) is 29.2 Å². The number of amides is 1. The number of rotatable bonds is 6. The molecule has 0 aromatic heterocycles. The molecule has 26 heavy (non-hydrogen) atoms. The fraction of sp³-hybridized carbons (Fsp3) is 0.105. The molecule has 7 nitrogen and oxygen atoms in total. The van der Waals surface area contributed by atoms with Gasteiger partial charge in [-0.25, -0.2) is 0 Å². The highest BCUT2D eigenvalue weighted by Crippen LogP contribution is 2.36. The fourth-order valence-electron chi connectivity index (χ4n) is 2.13. The zero-order valence-corrected chi connectivity index (χ0v) is 14.2. The minimum atomic E-state index is -0.289. The number of benzene rings is 2. The molecule has 130 valence electrons. The highest BCUT2D eigenvalue weighted by atomic mass is 16.5. The number of nitrogens with one attached hydrogen (secondary N) is 2. The number of nitrogens with zero attached hydrogens (tertiary/aromatic N) is 2. The third-order valence-corrected chi connectivity index (χ3v) is 3.42. The summed E-state index contributed by atoms with van der Waals surface area (Å²) < 4.78 is 10.6. The molecule has 0 saturated carbocycles. The van der Waals surface area contributed by atoms with E-state index in [-0.39, 0.29) is 11.5 Å². The molecule has 0 saturated heterocycles. The van der Waals surface area contributed by atoms with Crippen molar-refractivity contribution in [2.24, 2.45) is 0 Å². The molecule has 0 bridgehead atoms. The monoisotopic (exact) mass is 348 g/mol. The van der Waals surface area contributed by atoms with Gasteiger partial charge in [-0.1, -0.05) is 18.2 Å². The molecule has 0 aliphatic heterocycles. The van der Waals surface area contributed by atoms with Crippen LogP contribution in [-0.4, -0.2) is 20.1 Å². The Kier molecular flexibility index (Phi) is 6.19. The van der Waals surface area contributed by atoms with Crippen LogP contribution in [0.15, 0.2) is 54.2 Å². The van der Waals surface area contributed by atoms with E-state index in [1.54, 1.807) is 48.5 Å². The van der Waals surface area contributed by atoms with E-state index in [4.69, 9.17) is 20.0 Å². The van der Waals surface area contributed by atoms with Gasteiger partial charge in [0, 0.05) is 23.9 Å². The number of carbonyl (C=O) groups is 1. The van der Waals surface area contributed by atoms with E-state index in [1.807, 2.05) is 6.07 Å². The average molecular weight is 348 g/mol. The maximum Gasteiger partial charge on any atom is 0.255 e. The Morgan fingerprint density at radius 2 is 1.58 bits per heavy atom. The van der Waals surface area contributed by atoms with Crippen LogP contribution in [0.3, 0.4) is 0 Å². The Hall–Kier alpha value is -3.97. The number of carbonyl (C=O) groups excluding carboxylic acids is 1. The molecule has 0 heterocycles. The summed E-state index contributed by atoms with van der Waals surface area (Å²) in [4.78, 5) is 12.4. The predicted molar refractivity (Wildman–Crippen MR) is 96.9 cm³/mol. The summed E-state index contributed by atoms with van der Waals surface area (Å²) in [6.07, 6.45) is 1.26. The van der Waals surface area contributed by atoms with Gasteiger partial charge in [0.25, 0.3) is 5.91 Å². The van der Waals surface area contributed by atoms with E-state index in [0.717, 1.165) is 0 Å². The second-order valence-electron chi connectivity index (χ2n) is 5.00. The van der Waals surface area contributed by atoms with Crippen LogP contribution in [0, 0.1) is 22.7 Å². The van der Waals surface area contributed by atoms with Gasteiger partial charge in [-0.3, -0.25) is 4.79 Å². The van der Waals surface area contributed by atoms with Crippen LogP contribution < -0.4 is 20.1 Å². The average Bonchev–Trinajstić information content (AvgIpc) is 2.69. The number of allylic oxidation sites excluding steroid dienone is 1. The first-order valence-corrected chi connectivity index (χ1v) is 7.52. The highest BCUT2D eigenvalue weighted by molar-refractivity contribution is 6.05. The van der Waals surface area contributed by atoms with Crippen LogP contribution in [0.25, 0.3) is 0 Å². The lowest BCUT2D eigenvalue weighted by Crippen LogP contribution is -2.12. The van der Waals surface area contributed by atoms with E-state index >= 15 is 0 Å². The molecule has 1 amide bonds. The summed E-state index contributed by atoms with van der Waals surface area (Å²) >= 11 is 0. The molecule has 0 radical (unpaired) electrons. The lowest BCUT2D eigenvalue weighted by Gasteiger charge is -2.15. The van der Waals surface area contributed by atoms with Gasteiger partial charge in [-0.2, -0.15) is 10.5 Å². The number of ether oxygens (including phenoxy) is 2. The molecule has 2 aromatic rings. The minimum Gasteiger partial charge on any atom is -0.494 e. The molecule has 2 N–H and O–H groups in total. The van der Waals surface area contributed by atoms with Crippen molar-refractivity contribution in [3.63, 3.8) is 0 Å². The van der Waals surface area contributed by atoms with Crippen LogP contribution >= 0.6 is 0 Å². The van der Waals surface area contributed by atoms with Crippen molar-refractivity contribution in [3.8, 4) is 23.6 Å². The number of hydrogen-bond acceptors (Lipinski definition) is 6. The molecule has 2 rings (SSSR count). The zero-order valence-electron chi connectivity index (χ0n) is 14.2. The van der Waals surface area contributed by atoms with Gasteiger partial charge in [0.15, 0.2) is 0 Å². The Labute approximate surface area is 151 Å². The number of nitriles is 2. The number of methoxy groups -OCH3 is 2. The topological polar surface area (TPSA) is 107 Å². The summed E-state index contributed by atoms with van der Waals surface area (Å²) in [5.74, 6) is 0.505. The van der Waals surface area contributed by atoms with Crippen molar-refractivity contribution in [1.29, 1.82) is 10.5 Å². The van der Waals surface area contributed by atoms with Crippen molar-refractivity contribution in [2.75, 3.05) is 24.9 Å². The highest BCUT2D eigenvalue weighted by Gasteiger charge is 2.14. The maximum absolute atomic E-state index is 12.4. The van der Waals surface area contributed by atoms with Gasteiger partial charge in [0.2, 0.25) is 0 Å². The Balaban J connectivity index is 2.34. The summed E-state index contributed by atoms with van der Waals surface area (Å²) in [5, 5.41) is 23.2. The molecule has 7 heteroatoms. The predicted octanol–water partition coefficient (Wildman–Crippen LogP) is 3.30.